The molecule has 0 aliphatic carbocycles. The molecule has 1 saturated heterocycles. The number of hydrogen-bond acceptors (Lipinski definition) is 3. The van der Waals surface area contributed by atoms with Crippen LogP contribution in [-0.2, 0) is 4.79 Å². The fraction of sp³-hybridized carbons (Fsp3) is 0.350. The number of amides is 1. The lowest BCUT2D eigenvalue weighted by Gasteiger charge is -2.36. The number of rotatable bonds is 5. The van der Waals surface area contributed by atoms with Crippen molar-refractivity contribution in [3.8, 4) is 5.75 Å². The molecule has 1 amide bonds. The molecule has 5 nitrogen and oxygen atoms in total. The van der Waals surface area contributed by atoms with Crippen LogP contribution in [0.3, 0.4) is 0 Å². The van der Waals surface area contributed by atoms with Crippen LogP contribution in [0.4, 0.5) is 24.5 Å². The zero-order valence-electron chi connectivity index (χ0n) is 15.8. The summed E-state index contributed by atoms with van der Waals surface area (Å²) in [5.41, 5.74) is 0.646. The average molecular weight is 394 g/mol. The van der Waals surface area contributed by atoms with E-state index in [9.17, 15) is 18.0 Å². The van der Waals surface area contributed by atoms with Crippen molar-refractivity contribution < 1.29 is 27.6 Å². The normalized spacial score (nSPS) is 16.0. The largest absolute Gasteiger partial charge is 0.495 e. The van der Waals surface area contributed by atoms with Gasteiger partial charge in [0.2, 0.25) is 0 Å². The first kappa shape index (κ1) is 20.0. The van der Waals surface area contributed by atoms with Crippen LogP contribution in [0, 0.1) is 17.5 Å². The number of anilines is 2. The minimum absolute atomic E-state index is 0.359. The number of para-hydroxylation sites is 2. The van der Waals surface area contributed by atoms with Gasteiger partial charge in [-0.05, 0) is 31.2 Å². The van der Waals surface area contributed by atoms with Gasteiger partial charge in [-0.25, -0.2) is 13.2 Å². The maximum absolute atomic E-state index is 13.8. The molecule has 28 heavy (non-hydrogen) atoms. The summed E-state index contributed by atoms with van der Waals surface area (Å²) >= 11 is 0. The van der Waals surface area contributed by atoms with E-state index in [2.05, 4.69) is 10.2 Å². The predicted molar refractivity (Wildman–Crippen MR) is 100 cm³/mol. The molecule has 1 aliphatic rings. The van der Waals surface area contributed by atoms with E-state index in [1.807, 2.05) is 24.3 Å². The van der Waals surface area contributed by atoms with Crippen LogP contribution in [0.5, 0.6) is 5.75 Å². The molecule has 0 spiro atoms. The van der Waals surface area contributed by atoms with Gasteiger partial charge in [-0.1, -0.05) is 12.1 Å². The summed E-state index contributed by atoms with van der Waals surface area (Å²) in [6.07, 6.45) is 0. The number of quaternary nitrogens is 1. The number of carbonyl (C=O) groups excluding carboxylic acids is 1. The Balaban J connectivity index is 1.61. The first-order valence-electron chi connectivity index (χ1n) is 9.09. The monoisotopic (exact) mass is 394 g/mol. The molecule has 0 unspecified atom stereocenters. The summed E-state index contributed by atoms with van der Waals surface area (Å²) in [6, 6.07) is 9.10. The molecule has 2 aromatic rings. The summed E-state index contributed by atoms with van der Waals surface area (Å²) in [4.78, 5) is 15.7. The van der Waals surface area contributed by atoms with Gasteiger partial charge in [-0.15, -0.1) is 0 Å². The molecule has 2 aromatic carbocycles. The maximum Gasteiger partial charge on any atom is 0.282 e. The van der Waals surface area contributed by atoms with Crippen molar-refractivity contribution in [1.82, 2.24) is 0 Å². The fourth-order valence-electron chi connectivity index (χ4n) is 3.41. The lowest BCUT2D eigenvalue weighted by Crippen LogP contribution is -3.19. The molecule has 0 radical (unpaired) electrons. The number of piperazine rings is 1. The smallest absolute Gasteiger partial charge is 0.282 e. The van der Waals surface area contributed by atoms with Crippen LogP contribution < -0.4 is 19.9 Å². The Morgan fingerprint density at radius 1 is 1.11 bits per heavy atom. The molecule has 1 fully saturated rings. The van der Waals surface area contributed by atoms with E-state index in [-0.39, 0.29) is 5.69 Å². The Labute approximate surface area is 161 Å². The summed E-state index contributed by atoms with van der Waals surface area (Å²) in [6.45, 7) is 4.60. The van der Waals surface area contributed by atoms with Gasteiger partial charge in [0.1, 0.15) is 5.75 Å². The second-order valence-electron chi connectivity index (χ2n) is 6.75. The number of hydrogen-bond donors (Lipinski definition) is 2. The third-order valence-corrected chi connectivity index (χ3v) is 5.13. The third-order valence-electron chi connectivity index (χ3n) is 5.13. The third kappa shape index (κ3) is 4.06. The van der Waals surface area contributed by atoms with Gasteiger partial charge in [0, 0.05) is 0 Å². The highest BCUT2D eigenvalue weighted by Gasteiger charge is 2.30. The minimum atomic E-state index is -1.59. The van der Waals surface area contributed by atoms with E-state index >= 15 is 0 Å². The van der Waals surface area contributed by atoms with Crippen LogP contribution >= 0.6 is 0 Å². The average Bonchev–Trinajstić information content (AvgIpc) is 2.73. The molecule has 150 valence electrons. The molecule has 1 atom stereocenters. The fourth-order valence-corrected chi connectivity index (χ4v) is 3.41. The van der Waals surface area contributed by atoms with Gasteiger partial charge in [-0.3, -0.25) is 4.79 Å². The number of carbonyl (C=O) groups is 1. The van der Waals surface area contributed by atoms with E-state index in [0.717, 1.165) is 41.6 Å². The first-order valence-corrected chi connectivity index (χ1v) is 9.09. The standard InChI is InChI=1S/C20H22F3N3O2/c1-13(20(27)24-15-8-7-14(21)18(22)19(15)23)25-9-11-26(12-10-25)16-5-3-4-6-17(16)28-2/h3-8,13H,9-12H2,1-2H3,(H,24,27)/p+1/t13-/m0/s1. The van der Waals surface area contributed by atoms with Crippen molar-refractivity contribution >= 4 is 17.3 Å². The van der Waals surface area contributed by atoms with Crippen molar-refractivity contribution in [2.75, 3.05) is 43.5 Å². The van der Waals surface area contributed by atoms with E-state index in [4.69, 9.17) is 4.74 Å². The number of halogens is 3. The molecule has 1 heterocycles. The summed E-state index contributed by atoms with van der Waals surface area (Å²) < 4.78 is 45.6. The zero-order valence-corrected chi connectivity index (χ0v) is 15.8. The number of ether oxygens (including phenoxy) is 1. The lowest BCUT2D eigenvalue weighted by molar-refractivity contribution is -0.914. The molecular weight excluding hydrogens is 371 g/mol. The summed E-state index contributed by atoms with van der Waals surface area (Å²) in [5.74, 6) is -3.92. The van der Waals surface area contributed by atoms with Crippen LogP contribution in [0.2, 0.25) is 0 Å². The highest BCUT2D eigenvalue weighted by molar-refractivity contribution is 5.93. The molecule has 0 aromatic heterocycles. The van der Waals surface area contributed by atoms with Gasteiger partial charge in [0.05, 0.1) is 44.7 Å². The van der Waals surface area contributed by atoms with Gasteiger partial charge in [-0.2, -0.15) is 0 Å². The molecule has 0 bridgehead atoms. The predicted octanol–water partition coefficient (Wildman–Crippen LogP) is 1.84. The molecule has 3 rings (SSSR count). The molecule has 2 N–H and O–H groups in total. The van der Waals surface area contributed by atoms with Crippen LogP contribution in [0.25, 0.3) is 0 Å². The second kappa shape index (κ2) is 8.52. The molecular formula is C20H23F3N3O2+. The second-order valence-corrected chi connectivity index (χ2v) is 6.75. The van der Waals surface area contributed by atoms with Crippen LogP contribution in [0.1, 0.15) is 6.92 Å². The summed E-state index contributed by atoms with van der Waals surface area (Å²) in [5, 5.41) is 2.36. The first-order chi connectivity index (χ1) is 13.4. The topological polar surface area (TPSA) is 46.0 Å². The van der Waals surface area contributed by atoms with Crippen molar-refractivity contribution in [2.24, 2.45) is 0 Å². The number of nitrogens with one attached hydrogen (secondary N) is 2. The Kier molecular flexibility index (Phi) is 6.08. The lowest BCUT2D eigenvalue weighted by atomic mass is 10.2. The molecule has 0 saturated carbocycles. The van der Waals surface area contributed by atoms with E-state index < -0.39 is 29.4 Å². The van der Waals surface area contributed by atoms with Gasteiger partial charge in [0.25, 0.3) is 5.91 Å². The quantitative estimate of drug-likeness (QED) is 0.761. The Morgan fingerprint density at radius 3 is 2.46 bits per heavy atom. The maximum atomic E-state index is 13.8. The van der Waals surface area contributed by atoms with Crippen molar-refractivity contribution in [3.05, 3.63) is 53.8 Å². The summed E-state index contributed by atoms with van der Waals surface area (Å²) in [7, 11) is 1.63. The van der Waals surface area contributed by atoms with Gasteiger partial charge >= 0.3 is 0 Å². The number of nitrogens with zero attached hydrogens (tertiary/aromatic N) is 1. The van der Waals surface area contributed by atoms with Crippen molar-refractivity contribution in [1.29, 1.82) is 0 Å². The van der Waals surface area contributed by atoms with Gasteiger partial charge in [0.15, 0.2) is 23.5 Å². The highest BCUT2D eigenvalue weighted by Crippen LogP contribution is 2.27. The van der Waals surface area contributed by atoms with Crippen molar-refractivity contribution in [3.63, 3.8) is 0 Å². The zero-order chi connectivity index (χ0) is 20.3. The van der Waals surface area contributed by atoms with Crippen LogP contribution in [-0.4, -0.2) is 45.2 Å². The molecule has 1 aliphatic heterocycles. The number of benzene rings is 2. The van der Waals surface area contributed by atoms with Gasteiger partial charge < -0.3 is 19.9 Å². The van der Waals surface area contributed by atoms with Crippen molar-refractivity contribution in [2.45, 2.75) is 13.0 Å². The highest BCUT2D eigenvalue weighted by atomic mass is 19.2. The SMILES string of the molecule is COc1ccccc1N1CC[NH+]([C@@H](C)C(=O)Nc2ccc(F)c(F)c2F)CC1. The van der Waals surface area contributed by atoms with E-state index in [1.165, 1.54) is 0 Å². The Bertz CT molecular complexity index is 855. The Hall–Kier alpha value is -2.74. The van der Waals surface area contributed by atoms with Crippen LogP contribution in [0.15, 0.2) is 36.4 Å². The molecule has 8 heteroatoms. The van der Waals surface area contributed by atoms with E-state index in [1.54, 1.807) is 14.0 Å². The minimum Gasteiger partial charge on any atom is -0.495 e. The Morgan fingerprint density at radius 2 is 1.79 bits per heavy atom. The number of methoxy groups -OCH3 is 1. The van der Waals surface area contributed by atoms with E-state index in [0.29, 0.717) is 13.1 Å².